The van der Waals surface area contributed by atoms with E-state index in [1.165, 1.54) is 23.1 Å². The molecular formula is C32H27FN2O6S. The summed E-state index contributed by atoms with van der Waals surface area (Å²) < 4.78 is 31.9. The molecule has 1 amide bonds. The second-order valence-corrected chi connectivity index (χ2v) is 11.0. The molecule has 0 unspecified atom stereocenters. The number of hydrogen-bond donors (Lipinski definition) is 1. The number of halogens is 1. The summed E-state index contributed by atoms with van der Waals surface area (Å²) in [5, 5.41) is 11.8. The Morgan fingerprint density at radius 3 is 2.79 bits per heavy atom. The number of fused-ring (bicyclic) bond motifs is 2. The van der Waals surface area contributed by atoms with Crippen molar-refractivity contribution >= 4 is 44.1 Å². The molecular weight excluding hydrogens is 559 g/mol. The minimum atomic E-state index is -1.05. The van der Waals surface area contributed by atoms with Crippen molar-refractivity contribution in [3.8, 4) is 17.2 Å². The minimum absolute atomic E-state index is 0.00865. The van der Waals surface area contributed by atoms with Gasteiger partial charge in [-0.1, -0.05) is 30.1 Å². The van der Waals surface area contributed by atoms with Gasteiger partial charge in [0.2, 0.25) is 0 Å². The maximum Gasteiger partial charge on any atom is 0.301 e. The van der Waals surface area contributed by atoms with Gasteiger partial charge in [-0.15, -0.1) is 0 Å². The lowest BCUT2D eigenvalue weighted by molar-refractivity contribution is -0.132. The molecule has 8 nitrogen and oxygen atoms in total. The first-order valence-corrected chi connectivity index (χ1v) is 14.3. The van der Waals surface area contributed by atoms with E-state index < -0.39 is 23.5 Å². The molecule has 0 bridgehead atoms. The zero-order valence-corrected chi connectivity index (χ0v) is 23.7. The number of anilines is 1. The van der Waals surface area contributed by atoms with Crippen LogP contribution in [0.1, 0.15) is 36.6 Å². The van der Waals surface area contributed by atoms with E-state index in [1.807, 2.05) is 13.8 Å². The van der Waals surface area contributed by atoms with E-state index in [0.29, 0.717) is 51.6 Å². The zero-order chi connectivity index (χ0) is 29.5. The first-order valence-electron chi connectivity index (χ1n) is 13.5. The van der Waals surface area contributed by atoms with E-state index in [-0.39, 0.29) is 29.2 Å². The summed E-state index contributed by atoms with van der Waals surface area (Å²) in [6.45, 7) is 8.05. The maximum absolute atomic E-state index is 14.0. The summed E-state index contributed by atoms with van der Waals surface area (Å²) in [5.74, 6) is -0.905. The van der Waals surface area contributed by atoms with Crippen LogP contribution in [0.15, 0.2) is 72.8 Å². The number of ketones is 1. The summed E-state index contributed by atoms with van der Waals surface area (Å²) in [7, 11) is 0. The fourth-order valence-corrected chi connectivity index (χ4v) is 6.31. The van der Waals surface area contributed by atoms with Crippen LogP contribution in [0.4, 0.5) is 9.52 Å². The third-order valence-corrected chi connectivity index (χ3v) is 8.12. The number of aliphatic hydroxyl groups is 1. The number of amides is 1. The number of carbonyl (C=O) groups excluding carboxylic acids is 2. The van der Waals surface area contributed by atoms with Crippen molar-refractivity contribution in [3.05, 3.63) is 95.3 Å². The van der Waals surface area contributed by atoms with Gasteiger partial charge in [-0.2, -0.15) is 0 Å². The number of hydrogen-bond acceptors (Lipinski definition) is 8. The van der Waals surface area contributed by atoms with Gasteiger partial charge >= 0.3 is 5.91 Å². The van der Waals surface area contributed by atoms with Crippen LogP contribution in [-0.2, 0) is 16.0 Å². The quantitative estimate of drug-likeness (QED) is 0.111. The zero-order valence-electron chi connectivity index (χ0n) is 22.9. The molecule has 4 aromatic rings. The average molecular weight is 587 g/mol. The fourth-order valence-electron chi connectivity index (χ4n) is 5.29. The van der Waals surface area contributed by atoms with Gasteiger partial charge in [0, 0.05) is 12.0 Å². The van der Waals surface area contributed by atoms with Gasteiger partial charge in [0.1, 0.15) is 30.0 Å². The highest BCUT2D eigenvalue weighted by Crippen LogP contribution is 2.46. The van der Waals surface area contributed by atoms with Gasteiger partial charge in [0.25, 0.3) is 5.78 Å². The molecule has 42 heavy (non-hydrogen) atoms. The van der Waals surface area contributed by atoms with Crippen molar-refractivity contribution in [2.45, 2.75) is 32.4 Å². The van der Waals surface area contributed by atoms with Crippen molar-refractivity contribution in [1.29, 1.82) is 0 Å². The lowest BCUT2D eigenvalue weighted by Crippen LogP contribution is -2.29. The molecule has 214 valence electrons. The van der Waals surface area contributed by atoms with Crippen molar-refractivity contribution < 1.29 is 33.3 Å². The average Bonchev–Trinajstić information content (AvgIpc) is 3.63. The molecule has 1 aromatic heterocycles. The second-order valence-electron chi connectivity index (χ2n) is 9.97. The van der Waals surface area contributed by atoms with Crippen molar-refractivity contribution in [2.24, 2.45) is 0 Å². The van der Waals surface area contributed by atoms with Crippen molar-refractivity contribution in [2.75, 3.05) is 18.1 Å². The Labute approximate surface area is 245 Å². The smallest absolute Gasteiger partial charge is 0.301 e. The van der Waals surface area contributed by atoms with Gasteiger partial charge in [-0.25, -0.2) is 9.37 Å². The highest BCUT2D eigenvalue weighted by atomic mass is 32.1. The molecule has 2 aliphatic heterocycles. The van der Waals surface area contributed by atoms with Crippen LogP contribution in [-0.4, -0.2) is 41.1 Å². The second kappa shape index (κ2) is 10.9. The molecule has 1 N–H and O–H groups in total. The van der Waals surface area contributed by atoms with Crippen LogP contribution in [0.3, 0.4) is 0 Å². The van der Waals surface area contributed by atoms with Crippen LogP contribution >= 0.6 is 11.3 Å². The standard InChI is InChI=1S/C32H27FN2O6S/c1-4-12-40-24-11-6-18(15-25(24)39-5-2)28-27(29(36)19-7-10-23-20(14-19)13-17(3)41-23)30(37)31(38)35(28)32-34-22-9-8-21(33)16-26(22)42-32/h4,6-11,14-17,28,36H,1,5,12-13H2,2-3H3/b29-27+/t17-,28+/m1/s1. The molecule has 6 rings (SSSR count). The number of rotatable bonds is 8. The van der Waals surface area contributed by atoms with Gasteiger partial charge in [-0.3, -0.25) is 14.5 Å². The summed E-state index contributed by atoms with van der Waals surface area (Å²) in [6.07, 6.45) is 2.25. The molecule has 1 fully saturated rings. The van der Waals surface area contributed by atoms with Gasteiger partial charge in [0.15, 0.2) is 16.6 Å². The third kappa shape index (κ3) is 4.77. The Bertz CT molecular complexity index is 1780. The largest absolute Gasteiger partial charge is 0.507 e. The Hall–Kier alpha value is -4.70. The molecule has 2 atom stereocenters. The molecule has 0 radical (unpaired) electrons. The number of aromatic nitrogens is 1. The first-order chi connectivity index (χ1) is 20.3. The van der Waals surface area contributed by atoms with Crippen LogP contribution in [0.25, 0.3) is 16.0 Å². The first kappa shape index (κ1) is 27.5. The van der Waals surface area contributed by atoms with Crippen molar-refractivity contribution in [1.82, 2.24) is 4.98 Å². The van der Waals surface area contributed by atoms with Gasteiger partial charge < -0.3 is 19.3 Å². The highest BCUT2D eigenvalue weighted by molar-refractivity contribution is 7.22. The number of benzene rings is 3. The Balaban J connectivity index is 1.54. The highest BCUT2D eigenvalue weighted by Gasteiger charge is 2.48. The summed E-state index contributed by atoms with van der Waals surface area (Å²) >= 11 is 1.08. The van der Waals surface area contributed by atoms with Crippen LogP contribution < -0.4 is 19.1 Å². The number of ether oxygens (including phenoxy) is 3. The Morgan fingerprint density at radius 2 is 2.00 bits per heavy atom. The van der Waals surface area contributed by atoms with Crippen LogP contribution in [0, 0.1) is 5.82 Å². The molecule has 3 aromatic carbocycles. The fraction of sp³-hybridized carbons (Fsp3) is 0.219. The number of thiazole rings is 1. The van der Waals surface area contributed by atoms with Crippen molar-refractivity contribution in [3.63, 3.8) is 0 Å². The molecule has 0 saturated carbocycles. The molecule has 2 aliphatic rings. The number of aliphatic hydroxyl groups excluding tert-OH is 1. The summed E-state index contributed by atoms with van der Waals surface area (Å²) in [6, 6.07) is 13.3. The summed E-state index contributed by atoms with van der Waals surface area (Å²) in [4.78, 5) is 33.1. The number of carbonyl (C=O) groups is 2. The topological polar surface area (TPSA) is 98.2 Å². The maximum atomic E-state index is 14.0. The monoisotopic (exact) mass is 586 g/mol. The molecule has 10 heteroatoms. The number of Topliss-reactive ketones (excluding diaryl/α,β-unsaturated/α-hetero) is 1. The third-order valence-electron chi connectivity index (χ3n) is 7.10. The normalized spacial score (nSPS) is 19.2. The van der Waals surface area contributed by atoms with Crippen LogP contribution in [0.5, 0.6) is 17.2 Å². The predicted molar refractivity (Wildman–Crippen MR) is 158 cm³/mol. The van der Waals surface area contributed by atoms with E-state index >= 15 is 0 Å². The predicted octanol–water partition coefficient (Wildman–Crippen LogP) is 6.35. The lowest BCUT2D eigenvalue weighted by Gasteiger charge is -2.24. The minimum Gasteiger partial charge on any atom is -0.507 e. The molecule has 0 spiro atoms. The van der Waals surface area contributed by atoms with E-state index in [0.717, 1.165) is 16.9 Å². The van der Waals surface area contributed by atoms with Crippen LogP contribution in [0.2, 0.25) is 0 Å². The van der Waals surface area contributed by atoms with E-state index in [9.17, 15) is 19.1 Å². The van der Waals surface area contributed by atoms with E-state index in [1.54, 1.807) is 42.5 Å². The molecule has 0 aliphatic carbocycles. The Morgan fingerprint density at radius 1 is 1.17 bits per heavy atom. The van der Waals surface area contributed by atoms with Gasteiger partial charge in [-0.05, 0) is 73.5 Å². The summed E-state index contributed by atoms with van der Waals surface area (Å²) in [5.41, 5.74) is 2.16. The van der Waals surface area contributed by atoms with E-state index in [4.69, 9.17) is 14.2 Å². The molecule has 3 heterocycles. The van der Waals surface area contributed by atoms with Gasteiger partial charge in [0.05, 0.1) is 28.4 Å². The Kier molecular flexibility index (Phi) is 7.16. The molecule has 1 saturated heterocycles. The number of nitrogens with zero attached hydrogens (tertiary/aromatic N) is 2. The lowest BCUT2D eigenvalue weighted by atomic mass is 9.94. The SMILES string of the molecule is C=CCOc1ccc([C@H]2/C(=C(\O)c3ccc4c(c3)C[C@@H](C)O4)C(=O)C(=O)N2c2nc3ccc(F)cc3s2)cc1OCC. The van der Waals surface area contributed by atoms with E-state index in [2.05, 4.69) is 11.6 Å².